The summed E-state index contributed by atoms with van der Waals surface area (Å²) in [4.78, 5) is 11.7. The van der Waals surface area contributed by atoms with Gasteiger partial charge in [-0.25, -0.2) is 0 Å². The fourth-order valence-corrected chi connectivity index (χ4v) is 2.26. The van der Waals surface area contributed by atoms with Gasteiger partial charge in [0.25, 0.3) is 0 Å². The van der Waals surface area contributed by atoms with E-state index in [2.05, 4.69) is 15.5 Å². The monoisotopic (exact) mass is 310 g/mol. The van der Waals surface area contributed by atoms with Gasteiger partial charge in [-0.1, -0.05) is 36.4 Å². The molecule has 3 rings (SSSR count). The minimum Gasteiger partial charge on any atom is -0.367 e. The molecule has 2 aromatic heterocycles. The van der Waals surface area contributed by atoms with E-state index < -0.39 is 0 Å². The van der Waals surface area contributed by atoms with Crippen LogP contribution in [0.15, 0.2) is 54.7 Å². The zero-order valence-electron chi connectivity index (χ0n) is 12.7. The smallest absolute Gasteiger partial charge is 0.246 e. The van der Waals surface area contributed by atoms with E-state index in [1.807, 2.05) is 59.1 Å². The maximum atomic E-state index is 11.7. The third kappa shape index (κ3) is 4.14. The number of nitrogens with zero attached hydrogens (tertiary/aromatic N) is 3. The number of fused-ring (bicyclic) bond motifs is 1. The lowest BCUT2D eigenvalue weighted by molar-refractivity contribution is -0.126. The molecule has 2 heterocycles. The first-order valence-corrected chi connectivity index (χ1v) is 7.50. The van der Waals surface area contributed by atoms with Crippen molar-refractivity contribution in [1.82, 2.24) is 19.9 Å². The van der Waals surface area contributed by atoms with Crippen molar-refractivity contribution in [2.45, 2.75) is 13.0 Å². The van der Waals surface area contributed by atoms with Crippen LogP contribution in [0.2, 0.25) is 0 Å². The van der Waals surface area contributed by atoms with Crippen molar-refractivity contribution < 1.29 is 9.53 Å². The van der Waals surface area contributed by atoms with E-state index in [-0.39, 0.29) is 12.5 Å². The number of benzene rings is 1. The Bertz CT molecular complexity index is 770. The molecule has 6 nitrogen and oxygen atoms in total. The van der Waals surface area contributed by atoms with Crippen LogP contribution < -0.4 is 5.32 Å². The molecule has 1 aromatic carbocycles. The predicted molar refractivity (Wildman–Crippen MR) is 85.8 cm³/mol. The molecule has 0 saturated carbocycles. The molecule has 0 radical (unpaired) electrons. The Labute approximate surface area is 134 Å². The van der Waals surface area contributed by atoms with Crippen LogP contribution in [0.5, 0.6) is 0 Å². The van der Waals surface area contributed by atoms with Gasteiger partial charge < -0.3 is 10.1 Å². The topological polar surface area (TPSA) is 68.5 Å². The first-order chi connectivity index (χ1) is 11.3. The molecule has 0 fully saturated rings. The zero-order chi connectivity index (χ0) is 15.9. The van der Waals surface area contributed by atoms with Crippen LogP contribution in [0.1, 0.15) is 11.4 Å². The fourth-order valence-electron chi connectivity index (χ4n) is 2.26. The lowest BCUT2D eigenvalue weighted by Crippen LogP contribution is -2.29. The minimum atomic E-state index is -0.130. The molecule has 6 heteroatoms. The molecule has 0 bridgehead atoms. The lowest BCUT2D eigenvalue weighted by Gasteiger charge is -2.06. The lowest BCUT2D eigenvalue weighted by atomic mass is 10.2. The first kappa shape index (κ1) is 15.2. The number of nitrogens with one attached hydrogen (secondary N) is 1. The molecule has 1 N–H and O–H groups in total. The quantitative estimate of drug-likeness (QED) is 0.720. The van der Waals surface area contributed by atoms with Gasteiger partial charge in [0.05, 0.1) is 6.61 Å². The number of carbonyl (C=O) groups is 1. The van der Waals surface area contributed by atoms with Crippen molar-refractivity contribution in [2.75, 3.05) is 13.2 Å². The van der Waals surface area contributed by atoms with Crippen molar-refractivity contribution in [1.29, 1.82) is 0 Å². The van der Waals surface area contributed by atoms with Crippen LogP contribution in [-0.2, 0) is 22.6 Å². The standard InChI is InChI=1S/C17H18N4O2/c22-17(13-23-12-14-6-2-1-3-7-14)18-10-9-16-20-19-15-8-4-5-11-21(15)16/h1-8,11H,9-10,12-13H2,(H,18,22). The van der Waals surface area contributed by atoms with Crippen LogP contribution in [-0.4, -0.2) is 33.7 Å². The molecular formula is C17H18N4O2. The molecule has 0 spiro atoms. The van der Waals surface area contributed by atoms with Crippen molar-refractivity contribution in [2.24, 2.45) is 0 Å². The van der Waals surface area contributed by atoms with Crippen LogP contribution in [0.25, 0.3) is 5.65 Å². The summed E-state index contributed by atoms with van der Waals surface area (Å²) in [7, 11) is 0. The molecule has 118 valence electrons. The second-order valence-electron chi connectivity index (χ2n) is 5.12. The number of amides is 1. The number of rotatable bonds is 7. The second-order valence-corrected chi connectivity index (χ2v) is 5.12. The largest absolute Gasteiger partial charge is 0.367 e. The number of carbonyl (C=O) groups excluding carboxylic acids is 1. The molecule has 0 aliphatic heterocycles. The van der Waals surface area contributed by atoms with Gasteiger partial charge in [0.2, 0.25) is 5.91 Å². The van der Waals surface area contributed by atoms with Gasteiger partial charge in [0.1, 0.15) is 12.4 Å². The second kappa shape index (κ2) is 7.51. The SMILES string of the molecule is O=C(COCc1ccccc1)NCCc1nnc2ccccn12. The Balaban J connectivity index is 1.39. The number of aromatic nitrogens is 3. The molecule has 0 aliphatic carbocycles. The average molecular weight is 310 g/mol. The first-order valence-electron chi connectivity index (χ1n) is 7.50. The van der Waals surface area contributed by atoms with Crippen molar-refractivity contribution in [3.63, 3.8) is 0 Å². The summed E-state index contributed by atoms with van der Waals surface area (Å²) in [6, 6.07) is 15.5. The van der Waals surface area contributed by atoms with Crippen LogP contribution in [0.3, 0.4) is 0 Å². The van der Waals surface area contributed by atoms with Gasteiger partial charge in [-0.05, 0) is 17.7 Å². The maximum Gasteiger partial charge on any atom is 0.246 e. The Morgan fingerprint density at radius 1 is 1.09 bits per heavy atom. The molecule has 0 atom stereocenters. The molecule has 0 saturated heterocycles. The summed E-state index contributed by atoms with van der Waals surface area (Å²) in [6.07, 6.45) is 2.53. The molecule has 0 aliphatic rings. The molecule has 1 amide bonds. The van der Waals surface area contributed by atoms with Crippen LogP contribution in [0.4, 0.5) is 0 Å². The van der Waals surface area contributed by atoms with Gasteiger partial charge >= 0.3 is 0 Å². The summed E-state index contributed by atoms with van der Waals surface area (Å²) >= 11 is 0. The number of hydrogen-bond acceptors (Lipinski definition) is 4. The normalized spacial score (nSPS) is 10.8. The van der Waals surface area contributed by atoms with Crippen molar-refractivity contribution >= 4 is 11.6 Å². The highest BCUT2D eigenvalue weighted by molar-refractivity contribution is 5.77. The third-order valence-electron chi connectivity index (χ3n) is 3.40. The van der Waals surface area contributed by atoms with E-state index in [0.717, 1.165) is 17.0 Å². The molecule has 3 aromatic rings. The minimum absolute atomic E-state index is 0.0511. The van der Waals surface area contributed by atoms with Crippen LogP contribution >= 0.6 is 0 Å². The highest BCUT2D eigenvalue weighted by atomic mass is 16.5. The van der Waals surface area contributed by atoms with Gasteiger partial charge in [0.15, 0.2) is 5.65 Å². The van der Waals surface area contributed by atoms with E-state index in [1.165, 1.54) is 0 Å². The summed E-state index contributed by atoms with van der Waals surface area (Å²) in [6.45, 7) is 0.988. The highest BCUT2D eigenvalue weighted by Crippen LogP contribution is 2.03. The van der Waals surface area contributed by atoms with E-state index in [4.69, 9.17) is 4.74 Å². The summed E-state index contributed by atoms with van der Waals surface area (Å²) in [5.74, 6) is 0.695. The Morgan fingerprint density at radius 3 is 2.78 bits per heavy atom. The molecule has 0 unspecified atom stereocenters. The zero-order valence-corrected chi connectivity index (χ0v) is 12.7. The number of pyridine rings is 1. The third-order valence-corrected chi connectivity index (χ3v) is 3.40. The van der Waals surface area contributed by atoms with E-state index in [0.29, 0.717) is 19.6 Å². The molecular weight excluding hydrogens is 292 g/mol. The average Bonchev–Trinajstić information content (AvgIpc) is 2.99. The van der Waals surface area contributed by atoms with E-state index in [9.17, 15) is 4.79 Å². The number of ether oxygens (including phenoxy) is 1. The fraction of sp³-hybridized carbons (Fsp3) is 0.235. The van der Waals surface area contributed by atoms with Crippen molar-refractivity contribution in [3.05, 3.63) is 66.1 Å². The van der Waals surface area contributed by atoms with Gasteiger partial charge in [-0.3, -0.25) is 9.20 Å². The Morgan fingerprint density at radius 2 is 1.91 bits per heavy atom. The van der Waals surface area contributed by atoms with Gasteiger partial charge in [-0.15, -0.1) is 10.2 Å². The Hall–Kier alpha value is -2.73. The van der Waals surface area contributed by atoms with Gasteiger partial charge in [0, 0.05) is 19.2 Å². The predicted octanol–water partition coefficient (Wildman–Crippen LogP) is 1.60. The van der Waals surface area contributed by atoms with Gasteiger partial charge in [-0.2, -0.15) is 0 Å². The summed E-state index contributed by atoms with van der Waals surface area (Å²) < 4.78 is 7.31. The van der Waals surface area contributed by atoms with Crippen molar-refractivity contribution in [3.8, 4) is 0 Å². The Kier molecular flexibility index (Phi) is 4.95. The summed E-state index contributed by atoms with van der Waals surface area (Å²) in [5.41, 5.74) is 1.86. The van der Waals surface area contributed by atoms with Crippen LogP contribution in [0, 0.1) is 0 Å². The van der Waals surface area contributed by atoms with E-state index in [1.54, 1.807) is 0 Å². The highest BCUT2D eigenvalue weighted by Gasteiger charge is 2.06. The molecule has 23 heavy (non-hydrogen) atoms. The van der Waals surface area contributed by atoms with E-state index >= 15 is 0 Å². The maximum absolute atomic E-state index is 11.7. The summed E-state index contributed by atoms with van der Waals surface area (Å²) in [5, 5.41) is 11.0. The number of hydrogen-bond donors (Lipinski definition) is 1.